The van der Waals surface area contributed by atoms with Gasteiger partial charge in [-0.1, -0.05) is 23.4 Å². The van der Waals surface area contributed by atoms with Crippen LogP contribution in [0.15, 0.2) is 36.5 Å². The van der Waals surface area contributed by atoms with Crippen LogP contribution in [0.2, 0.25) is 0 Å². The minimum Gasteiger partial charge on any atom is -0.218 e. The normalized spacial score (nSPS) is 16.7. The number of aryl methyl sites for hydroxylation is 1. The Labute approximate surface area is 112 Å². The van der Waals surface area contributed by atoms with Gasteiger partial charge in [-0.3, -0.25) is 0 Å². The summed E-state index contributed by atoms with van der Waals surface area (Å²) in [6, 6.07) is 10.1. The Kier molecular flexibility index (Phi) is 3.33. The minimum atomic E-state index is 0.309. The molecule has 1 aliphatic rings. The van der Waals surface area contributed by atoms with Crippen molar-refractivity contribution in [2.75, 3.05) is 0 Å². The van der Waals surface area contributed by atoms with Crippen LogP contribution in [0, 0.1) is 5.92 Å². The van der Waals surface area contributed by atoms with Crippen LogP contribution in [0.4, 0.5) is 0 Å². The number of alkyl halides is 1. The third-order valence-corrected chi connectivity index (χ3v) is 4.00. The molecule has 1 aromatic carbocycles. The summed E-state index contributed by atoms with van der Waals surface area (Å²) >= 11 is 6.34. The first-order chi connectivity index (χ1) is 8.84. The number of para-hydroxylation sites is 1. The van der Waals surface area contributed by atoms with Gasteiger partial charge >= 0.3 is 0 Å². The van der Waals surface area contributed by atoms with E-state index in [0.717, 1.165) is 30.1 Å². The highest BCUT2D eigenvalue weighted by molar-refractivity contribution is 6.20. The summed E-state index contributed by atoms with van der Waals surface area (Å²) < 4.78 is 1.90. The molecule has 18 heavy (non-hydrogen) atoms. The molecule has 0 aliphatic heterocycles. The molecule has 1 saturated carbocycles. The Morgan fingerprint density at radius 2 is 2.06 bits per heavy atom. The number of rotatable bonds is 5. The highest BCUT2D eigenvalue weighted by Crippen LogP contribution is 2.37. The Hall–Kier alpha value is -1.35. The zero-order valence-electron chi connectivity index (χ0n) is 10.2. The van der Waals surface area contributed by atoms with Crippen molar-refractivity contribution in [3.05, 3.63) is 42.2 Å². The van der Waals surface area contributed by atoms with Crippen LogP contribution in [-0.2, 0) is 6.42 Å². The lowest BCUT2D eigenvalue weighted by Gasteiger charge is -2.09. The van der Waals surface area contributed by atoms with Gasteiger partial charge in [0.2, 0.25) is 0 Å². The molecule has 0 amide bonds. The van der Waals surface area contributed by atoms with Crippen molar-refractivity contribution in [3.8, 4) is 5.69 Å². The standard InChI is InChI=1S/C14H16ClN3/c15-14(11-6-7-11)9-8-13-10-16-17-18(13)12-4-2-1-3-5-12/h1-5,10-11,14H,6-9H2. The molecule has 1 atom stereocenters. The highest BCUT2D eigenvalue weighted by atomic mass is 35.5. The third-order valence-electron chi connectivity index (χ3n) is 3.43. The van der Waals surface area contributed by atoms with Crippen LogP contribution in [0.25, 0.3) is 5.69 Å². The summed E-state index contributed by atoms with van der Waals surface area (Å²) in [5.41, 5.74) is 2.19. The third kappa shape index (κ3) is 2.56. The second-order valence-electron chi connectivity index (χ2n) is 4.86. The first kappa shape index (κ1) is 11.7. The average molecular weight is 262 g/mol. The topological polar surface area (TPSA) is 30.7 Å². The molecule has 0 N–H and O–H groups in total. The van der Waals surface area contributed by atoms with Gasteiger partial charge in [-0.2, -0.15) is 0 Å². The van der Waals surface area contributed by atoms with E-state index < -0.39 is 0 Å². The number of benzene rings is 1. The lowest BCUT2D eigenvalue weighted by molar-refractivity contribution is 0.652. The Morgan fingerprint density at radius 3 is 2.78 bits per heavy atom. The first-order valence-corrected chi connectivity index (χ1v) is 6.87. The van der Waals surface area contributed by atoms with Crippen molar-refractivity contribution >= 4 is 11.6 Å². The molecule has 1 unspecified atom stereocenters. The summed E-state index contributed by atoms with van der Waals surface area (Å²) in [5.74, 6) is 0.743. The van der Waals surface area contributed by atoms with E-state index in [4.69, 9.17) is 11.6 Å². The molecule has 3 rings (SSSR count). The van der Waals surface area contributed by atoms with Gasteiger partial charge < -0.3 is 0 Å². The van der Waals surface area contributed by atoms with E-state index in [9.17, 15) is 0 Å². The first-order valence-electron chi connectivity index (χ1n) is 6.43. The highest BCUT2D eigenvalue weighted by Gasteiger charge is 2.29. The van der Waals surface area contributed by atoms with Crippen molar-refractivity contribution in [2.45, 2.75) is 31.1 Å². The zero-order chi connectivity index (χ0) is 12.4. The van der Waals surface area contributed by atoms with Crippen LogP contribution in [0.3, 0.4) is 0 Å². The van der Waals surface area contributed by atoms with Crippen LogP contribution < -0.4 is 0 Å². The van der Waals surface area contributed by atoms with Gasteiger partial charge in [0, 0.05) is 5.38 Å². The van der Waals surface area contributed by atoms with Gasteiger partial charge in [-0.25, -0.2) is 4.68 Å². The van der Waals surface area contributed by atoms with E-state index in [2.05, 4.69) is 10.3 Å². The van der Waals surface area contributed by atoms with Gasteiger partial charge in [-0.05, 0) is 43.7 Å². The lowest BCUT2D eigenvalue weighted by Crippen LogP contribution is -2.07. The summed E-state index contributed by atoms with van der Waals surface area (Å²) in [5, 5.41) is 8.46. The Morgan fingerprint density at radius 1 is 1.28 bits per heavy atom. The fourth-order valence-electron chi connectivity index (χ4n) is 2.19. The van der Waals surface area contributed by atoms with Gasteiger partial charge in [0.1, 0.15) is 0 Å². The van der Waals surface area contributed by atoms with E-state index in [1.54, 1.807) is 0 Å². The van der Waals surface area contributed by atoms with Crippen molar-refractivity contribution in [1.29, 1.82) is 0 Å². The van der Waals surface area contributed by atoms with Crippen LogP contribution >= 0.6 is 11.6 Å². The predicted molar refractivity (Wildman–Crippen MR) is 72.0 cm³/mol. The number of hydrogen-bond acceptors (Lipinski definition) is 2. The second kappa shape index (κ2) is 5.11. The monoisotopic (exact) mass is 261 g/mol. The number of halogens is 1. The zero-order valence-corrected chi connectivity index (χ0v) is 10.9. The molecule has 1 aromatic heterocycles. The summed E-state index contributed by atoms with van der Waals surface area (Å²) in [6.07, 6.45) is 6.37. The smallest absolute Gasteiger partial charge is 0.0729 e. The largest absolute Gasteiger partial charge is 0.218 e. The lowest BCUT2D eigenvalue weighted by atomic mass is 10.1. The fourth-order valence-corrected chi connectivity index (χ4v) is 2.55. The van der Waals surface area contributed by atoms with Crippen molar-refractivity contribution in [1.82, 2.24) is 15.0 Å². The van der Waals surface area contributed by atoms with Crippen molar-refractivity contribution < 1.29 is 0 Å². The van der Waals surface area contributed by atoms with E-state index in [1.165, 1.54) is 12.8 Å². The molecular formula is C14H16ClN3. The average Bonchev–Trinajstić information content (AvgIpc) is 3.16. The molecule has 0 spiro atoms. The second-order valence-corrected chi connectivity index (χ2v) is 5.43. The van der Waals surface area contributed by atoms with Crippen LogP contribution in [0.5, 0.6) is 0 Å². The molecule has 1 heterocycles. The van der Waals surface area contributed by atoms with Gasteiger partial charge in [0.15, 0.2) is 0 Å². The van der Waals surface area contributed by atoms with Crippen molar-refractivity contribution in [2.24, 2.45) is 5.92 Å². The van der Waals surface area contributed by atoms with E-state index in [1.807, 2.05) is 41.2 Å². The van der Waals surface area contributed by atoms with E-state index >= 15 is 0 Å². The molecule has 2 aromatic rings. The molecule has 4 heteroatoms. The van der Waals surface area contributed by atoms with Gasteiger partial charge in [0.05, 0.1) is 17.6 Å². The molecule has 1 fully saturated rings. The number of hydrogen-bond donors (Lipinski definition) is 0. The molecule has 0 saturated heterocycles. The van der Waals surface area contributed by atoms with Crippen LogP contribution in [0.1, 0.15) is 25.0 Å². The number of nitrogens with zero attached hydrogens (tertiary/aromatic N) is 3. The Bertz CT molecular complexity index is 505. The Balaban J connectivity index is 1.71. The van der Waals surface area contributed by atoms with Crippen molar-refractivity contribution in [3.63, 3.8) is 0 Å². The molecule has 0 bridgehead atoms. The van der Waals surface area contributed by atoms with E-state index in [-0.39, 0.29) is 0 Å². The van der Waals surface area contributed by atoms with Gasteiger partial charge in [0.25, 0.3) is 0 Å². The maximum absolute atomic E-state index is 6.34. The minimum absolute atomic E-state index is 0.309. The summed E-state index contributed by atoms with van der Waals surface area (Å²) in [4.78, 5) is 0. The molecular weight excluding hydrogens is 246 g/mol. The maximum Gasteiger partial charge on any atom is 0.0729 e. The SMILES string of the molecule is ClC(CCc1cnnn1-c1ccccc1)C1CC1. The maximum atomic E-state index is 6.34. The number of aromatic nitrogens is 3. The summed E-state index contributed by atoms with van der Waals surface area (Å²) in [7, 11) is 0. The molecule has 3 nitrogen and oxygen atoms in total. The predicted octanol–water partition coefficient (Wildman–Crippen LogP) is 3.22. The quantitative estimate of drug-likeness (QED) is 0.774. The molecule has 94 valence electrons. The van der Waals surface area contributed by atoms with Crippen LogP contribution in [-0.4, -0.2) is 20.4 Å². The fraction of sp³-hybridized carbons (Fsp3) is 0.429. The van der Waals surface area contributed by atoms with Gasteiger partial charge in [-0.15, -0.1) is 16.7 Å². The van der Waals surface area contributed by atoms with E-state index in [0.29, 0.717) is 5.38 Å². The molecule has 0 radical (unpaired) electrons. The summed E-state index contributed by atoms with van der Waals surface area (Å²) in [6.45, 7) is 0. The molecule has 1 aliphatic carbocycles.